The minimum atomic E-state index is -0.803. The summed E-state index contributed by atoms with van der Waals surface area (Å²) in [6.45, 7) is 8.98. The minimum Gasteiger partial charge on any atom is -0.507 e. The molecular weight excluding hydrogens is 410 g/mol. The normalized spacial score (nSPS) is 18.0. The zero-order valence-corrected chi connectivity index (χ0v) is 19.1. The molecule has 1 amide bonds. The second-order valence-electron chi connectivity index (χ2n) is 8.09. The summed E-state index contributed by atoms with van der Waals surface area (Å²) in [5.41, 5.74) is 0.426. The molecule has 0 saturated carbocycles. The summed E-state index contributed by atoms with van der Waals surface area (Å²) in [7, 11) is 0. The van der Waals surface area contributed by atoms with Crippen LogP contribution in [0, 0.1) is 6.92 Å². The van der Waals surface area contributed by atoms with Gasteiger partial charge in [0.05, 0.1) is 18.3 Å². The molecule has 1 saturated heterocycles. The zero-order chi connectivity index (χ0) is 23.3. The van der Waals surface area contributed by atoms with Gasteiger partial charge in [-0.1, -0.05) is 19.1 Å². The van der Waals surface area contributed by atoms with E-state index >= 15 is 0 Å². The SMILES string of the molecule is CCCOc1cccc(/C(O)=C2/C(=O)C(=O)N(CCCOC(C)C)C2c2ccc(C)o2)c1. The second-order valence-corrected chi connectivity index (χ2v) is 8.09. The van der Waals surface area contributed by atoms with Crippen LogP contribution in [-0.2, 0) is 14.3 Å². The number of amides is 1. The fourth-order valence-corrected chi connectivity index (χ4v) is 3.67. The van der Waals surface area contributed by atoms with Crippen LogP contribution in [-0.4, -0.2) is 47.6 Å². The summed E-state index contributed by atoms with van der Waals surface area (Å²) in [6.07, 6.45) is 1.48. The lowest BCUT2D eigenvalue weighted by atomic mass is 9.99. The number of aliphatic hydroxyl groups is 1. The number of carbonyl (C=O) groups excluding carboxylic acids is 2. The van der Waals surface area contributed by atoms with Crippen molar-refractivity contribution in [2.45, 2.75) is 52.7 Å². The van der Waals surface area contributed by atoms with Gasteiger partial charge in [-0.2, -0.15) is 0 Å². The van der Waals surface area contributed by atoms with Crippen molar-refractivity contribution in [1.82, 2.24) is 4.90 Å². The van der Waals surface area contributed by atoms with Crippen LogP contribution in [0.25, 0.3) is 5.76 Å². The Balaban J connectivity index is 1.98. The Morgan fingerprint density at radius 1 is 1.19 bits per heavy atom. The van der Waals surface area contributed by atoms with E-state index in [0.717, 1.165) is 6.42 Å². The third-order valence-corrected chi connectivity index (χ3v) is 5.15. The third-order valence-electron chi connectivity index (χ3n) is 5.15. The van der Waals surface area contributed by atoms with E-state index in [1.165, 1.54) is 4.90 Å². The molecule has 0 aliphatic carbocycles. The van der Waals surface area contributed by atoms with Gasteiger partial charge in [0.25, 0.3) is 11.7 Å². The number of Topliss-reactive ketones (excluding diaryl/α,β-unsaturated/α-hetero) is 1. The monoisotopic (exact) mass is 441 g/mol. The van der Waals surface area contributed by atoms with E-state index in [4.69, 9.17) is 13.9 Å². The van der Waals surface area contributed by atoms with Gasteiger partial charge in [0, 0.05) is 18.7 Å². The van der Waals surface area contributed by atoms with Gasteiger partial charge in [-0.15, -0.1) is 0 Å². The van der Waals surface area contributed by atoms with Gasteiger partial charge in [0.2, 0.25) is 0 Å². The highest BCUT2D eigenvalue weighted by Crippen LogP contribution is 2.40. The maximum atomic E-state index is 13.0. The van der Waals surface area contributed by atoms with Crippen LogP contribution in [0.1, 0.15) is 56.7 Å². The highest BCUT2D eigenvalue weighted by atomic mass is 16.5. The van der Waals surface area contributed by atoms with Crippen molar-refractivity contribution in [3.63, 3.8) is 0 Å². The fraction of sp³-hybridized carbons (Fsp3) is 0.440. The molecule has 1 fully saturated rings. The number of aliphatic hydroxyl groups excluding tert-OH is 1. The van der Waals surface area contributed by atoms with E-state index in [9.17, 15) is 14.7 Å². The van der Waals surface area contributed by atoms with E-state index in [1.54, 1.807) is 43.3 Å². The van der Waals surface area contributed by atoms with E-state index in [0.29, 0.717) is 49.0 Å². The molecule has 3 rings (SSSR count). The first-order chi connectivity index (χ1) is 15.3. The average molecular weight is 442 g/mol. The van der Waals surface area contributed by atoms with Crippen molar-refractivity contribution in [1.29, 1.82) is 0 Å². The molecule has 172 valence electrons. The molecule has 2 heterocycles. The third kappa shape index (κ3) is 5.22. The maximum absolute atomic E-state index is 13.0. The number of aryl methyl sites for hydroxylation is 1. The molecule has 1 N–H and O–H groups in total. The van der Waals surface area contributed by atoms with Gasteiger partial charge >= 0.3 is 0 Å². The molecule has 1 unspecified atom stereocenters. The van der Waals surface area contributed by atoms with Crippen LogP contribution < -0.4 is 4.74 Å². The molecule has 0 bridgehead atoms. The number of likely N-dealkylation sites (tertiary alicyclic amines) is 1. The second kappa shape index (κ2) is 10.5. The Kier molecular flexibility index (Phi) is 7.75. The van der Waals surface area contributed by atoms with E-state index < -0.39 is 17.7 Å². The lowest BCUT2D eigenvalue weighted by Crippen LogP contribution is -2.31. The van der Waals surface area contributed by atoms with Crippen LogP contribution >= 0.6 is 0 Å². The van der Waals surface area contributed by atoms with Crippen molar-refractivity contribution >= 4 is 17.4 Å². The standard InChI is InChI=1S/C25H31NO6/c1-5-13-31-19-9-6-8-18(15-19)23(27)21-22(20-11-10-17(4)32-20)26(25(29)24(21)28)12-7-14-30-16(2)3/h6,8-11,15-16,22,27H,5,7,12-14H2,1-4H3/b23-21-. The minimum absolute atomic E-state index is 0.0155. The van der Waals surface area contributed by atoms with Crippen LogP contribution in [0.2, 0.25) is 0 Å². The molecule has 2 aromatic rings. The van der Waals surface area contributed by atoms with Gasteiger partial charge in [-0.3, -0.25) is 9.59 Å². The number of ketones is 1. The summed E-state index contributed by atoms with van der Waals surface area (Å²) in [6, 6.07) is 9.58. The molecule has 1 aromatic carbocycles. The molecule has 7 heteroatoms. The smallest absolute Gasteiger partial charge is 0.295 e. The van der Waals surface area contributed by atoms with E-state index in [1.807, 2.05) is 20.8 Å². The number of rotatable bonds is 10. The summed E-state index contributed by atoms with van der Waals surface area (Å²) in [5.74, 6) is 0.0430. The van der Waals surface area contributed by atoms with Gasteiger partial charge in [-0.25, -0.2) is 0 Å². The van der Waals surface area contributed by atoms with Gasteiger partial charge in [0.15, 0.2) is 0 Å². The highest BCUT2D eigenvalue weighted by molar-refractivity contribution is 6.46. The van der Waals surface area contributed by atoms with Crippen LogP contribution in [0.3, 0.4) is 0 Å². The van der Waals surface area contributed by atoms with E-state index in [-0.39, 0.29) is 17.4 Å². The molecule has 1 aliphatic rings. The summed E-state index contributed by atoms with van der Waals surface area (Å²) < 4.78 is 17.0. The van der Waals surface area contributed by atoms with Crippen molar-refractivity contribution in [3.8, 4) is 5.75 Å². The number of hydrogen-bond acceptors (Lipinski definition) is 6. The topological polar surface area (TPSA) is 89.2 Å². The van der Waals surface area contributed by atoms with Crippen LogP contribution in [0.4, 0.5) is 0 Å². The first-order valence-corrected chi connectivity index (χ1v) is 11.0. The average Bonchev–Trinajstić information content (AvgIpc) is 3.30. The van der Waals surface area contributed by atoms with Gasteiger partial charge in [0.1, 0.15) is 29.1 Å². The van der Waals surface area contributed by atoms with Crippen molar-refractivity contribution < 1.29 is 28.6 Å². The number of nitrogens with zero attached hydrogens (tertiary/aromatic N) is 1. The first kappa shape index (κ1) is 23.6. The number of carbonyl (C=O) groups is 2. The molecule has 1 atom stereocenters. The Labute approximate surface area is 188 Å². The molecule has 7 nitrogen and oxygen atoms in total. The fourth-order valence-electron chi connectivity index (χ4n) is 3.67. The Morgan fingerprint density at radius 3 is 2.62 bits per heavy atom. The van der Waals surface area contributed by atoms with Gasteiger partial charge < -0.3 is 23.9 Å². The Bertz CT molecular complexity index is 990. The molecule has 1 aliphatic heterocycles. The van der Waals surface area contributed by atoms with E-state index in [2.05, 4.69) is 0 Å². The molecule has 0 spiro atoms. The van der Waals surface area contributed by atoms with Crippen molar-refractivity contribution in [3.05, 3.63) is 59.1 Å². The molecule has 1 aromatic heterocycles. The largest absolute Gasteiger partial charge is 0.507 e. The number of benzene rings is 1. The first-order valence-electron chi connectivity index (χ1n) is 11.0. The lowest BCUT2D eigenvalue weighted by molar-refractivity contribution is -0.140. The van der Waals surface area contributed by atoms with Crippen molar-refractivity contribution in [2.75, 3.05) is 19.8 Å². The lowest BCUT2D eigenvalue weighted by Gasteiger charge is -2.23. The predicted octanol–water partition coefficient (Wildman–Crippen LogP) is 4.61. The maximum Gasteiger partial charge on any atom is 0.295 e. The Hall–Kier alpha value is -3.06. The number of furan rings is 1. The molecule has 0 radical (unpaired) electrons. The van der Waals surface area contributed by atoms with Crippen LogP contribution in [0.5, 0.6) is 5.75 Å². The van der Waals surface area contributed by atoms with Crippen molar-refractivity contribution in [2.24, 2.45) is 0 Å². The zero-order valence-electron chi connectivity index (χ0n) is 19.1. The summed E-state index contributed by atoms with van der Waals surface area (Å²) in [4.78, 5) is 27.4. The van der Waals surface area contributed by atoms with Crippen LogP contribution in [0.15, 0.2) is 46.4 Å². The predicted molar refractivity (Wildman–Crippen MR) is 120 cm³/mol. The number of hydrogen-bond donors (Lipinski definition) is 1. The Morgan fingerprint density at radius 2 is 1.97 bits per heavy atom. The summed E-state index contributed by atoms with van der Waals surface area (Å²) in [5, 5.41) is 11.1. The van der Waals surface area contributed by atoms with Gasteiger partial charge in [-0.05, 0) is 57.9 Å². The highest BCUT2D eigenvalue weighted by Gasteiger charge is 2.47. The quantitative estimate of drug-likeness (QED) is 0.251. The molecule has 32 heavy (non-hydrogen) atoms. The molecular formula is C25H31NO6. The number of ether oxygens (including phenoxy) is 2. The summed E-state index contributed by atoms with van der Waals surface area (Å²) >= 11 is 0.